The minimum atomic E-state index is -1.00. The van der Waals surface area contributed by atoms with Crippen molar-refractivity contribution in [1.29, 1.82) is 0 Å². The number of fused-ring (bicyclic) bond motifs is 11. The molecule has 10 nitrogen and oxygen atoms in total. The Labute approximate surface area is 262 Å². The molecule has 0 saturated heterocycles. The molecule has 0 unspecified atom stereocenters. The number of amides is 4. The summed E-state index contributed by atoms with van der Waals surface area (Å²) in [5.74, 6) is -1.79. The number of carbonyl (C=O) groups is 4. The zero-order valence-electron chi connectivity index (χ0n) is 25.6. The molecule has 234 valence electrons. The summed E-state index contributed by atoms with van der Waals surface area (Å²) in [5, 5.41) is 18.6. The average Bonchev–Trinajstić information content (AvgIpc) is 3.04. The highest BCUT2D eigenvalue weighted by molar-refractivity contribution is 6.00. The van der Waals surface area contributed by atoms with Crippen molar-refractivity contribution < 1.29 is 29.0 Å². The molecule has 0 saturated carbocycles. The lowest BCUT2D eigenvalue weighted by molar-refractivity contribution is -0.137. The van der Waals surface area contributed by atoms with E-state index in [0.29, 0.717) is 31.0 Å². The van der Waals surface area contributed by atoms with Crippen molar-refractivity contribution in [3.05, 3.63) is 95.6 Å². The molecular weight excluding hydrogens is 572 g/mol. The largest absolute Gasteiger partial charge is 0.507 e. The molecule has 10 heteroatoms. The number of benzene rings is 3. The van der Waals surface area contributed by atoms with Gasteiger partial charge in [-0.3, -0.25) is 19.2 Å². The van der Waals surface area contributed by atoms with Crippen LogP contribution >= 0.6 is 0 Å². The van der Waals surface area contributed by atoms with Crippen LogP contribution in [-0.2, 0) is 20.8 Å². The van der Waals surface area contributed by atoms with Crippen molar-refractivity contribution >= 4 is 29.2 Å². The third-order valence-electron chi connectivity index (χ3n) is 8.08. The lowest BCUT2D eigenvalue weighted by Crippen LogP contribution is -2.57. The molecule has 3 aromatic carbocycles. The number of nitrogens with one attached hydrogen (secondary N) is 3. The van der Waals surface area contributed by atoms with E-state index in [4.69, 9.17) is 4.74 Å². The molecule has 0 aliphatic carbocycles. The van der Waals surface area contributed by atoms with Gasteiger partial charge in [0.05, 0.1) is 5.56 Å². The van der Waals surface area contributed by atoms with Crippen LogP contribution in [0.5, 0.6) is 17.2 Å². The van der Waals surface area contributed by atoms with Gasteiger partial charge in [0.15, 0.2) is 0 Å². The maximum atomic E-state index is 13.9. The molecule has 45 heavy (non-hydrogen) atoms. The standard InChI is InChI=1S/C35H38N4O6/c1-21(2)31-34(43)36-22(3)32(41)37-29(35(44)39-17-15-25(16-18-39)24-7-5-4-6-8-24)19-23-9-11-26(12-10-23)45-27-13-14-30(40)28(20-27)33(42)38-31/h4-15,20-22,29,31,40H,16-19H2,1-3H3,(H,36,43)(H,37,41)(H,38,42)/t22-,29+,31-/m0/s1. The highest BCUT2D eigenvalue weighted by Crippen LogP contribution is 2.28. The second-order valence-corrected chi connectivity index (χ2v) is 11.7. The molecule has 3 heterocycles. The molecule has 3 aromatic rings. The Morgan fingerprint density at radius 3 is 2.29 bits per heavy atom. The van der Waals surface area contributed by atoms with E-state index >= 15 is 0 Å². The van der Waals surface area contributed by atoms with Crippen molar-refractivity contribution in [3.63, 3.8) is 0 Å². The van der Waals surface area contributed by atoms with Gasteiger partial charge in [0.1, 0.15) is 35.4 Å². The fraction of sp³-hybridized carbons (Fsp3) is 0.314. The number of nitrogens with zero attached hydrogens (tertiary/aromatic N) is 1. The minimum Gasteiger partial charge on any atom is -0.507 e. The van der Waals surface area contributed by atoms with Gasteiger partial charge >= 0.3 is 0 Å². The van der Waals surface area contributed by atoms with E-state index in [1.165, 1.54) is 30.7 Å². The fourth-order valence-electron chi connectivity index (χ4n) is 5.45. The van der Waals surface area contributed by atoms with Gasteiger partial charge in [-0.05, 0) is 66.3 Å². The molecular formula is C35H38N4O6. The summed E-state index contributed by atoms with van der Waals surface area (Å²) in [6, 6.07) is 18.5. The molecule has 3 aliphatic heterocycles. The highest BCUT2D eigenvalue weighted by atomic mass is 16.5. The Balaban J connectivity index is 1.43. The molecule has 0 fully saturated rings. The van der Waals surface area contributed by atoms with Gasteiger partial charge in [-0.25, -0.2) is 0 Å². The van der Waals surface area contributed by atoms with E-state index in [1.54, 1.807) is 43.0 Å². The van der Waals surface area contributed by atoms with Crippen LogP contribution in [0.25, 0.3) is 5.57 Å². The number of phenols is 1. The summed E-state index contributed by atoms with van der Waals surface area (Å²) in [6.07, 6.45) is 2.96. The summed E-state index contributed by atoms with van der Waals surface area (Å²) in [6.45, 7) is 5.97. The number of hydrogen-bond acceptors (Lipinski definition) is 6. The fourth-order valence-corrected chi connectivity index (χ4v) is 5.45. The van der Waals surface area contributed by atoms with Crippen molar-refractivity contribution in [2.75, 3.05) is 13.1 Å². The summed E-state index contributed by atoms with van der Waals surface area (Å²) in [5.41, 5.74) is 3.04. The summed E-state index contributed by atoms with van der Waals surface area (Å²) in [7, 11) is 0. The SMILES string of the molecule is CC(C)[C@@H]1NC(=O)c2cc(ccc2O)Oc2ccc(cc2)C[C@H](C(=O)N2CC=C(c3ccccc3)CC2)NC(=O)[C@H](C)NC1=O. The molecule has 4 bridgehead atoms. The molecule has 0 aromatic heterocycles. The number of phenolic OH excluding ortho intramolecular Hbond substituents is 1. The lowest BCUT2D eigenvalue weighted by atomic mass is 9.98. The third-order valence-corrected chi connectivity index (χ3v) is 8.08. The molecule has 0 spiro atoms. The first-order valence-corrected chi connectivity index (χ1v) is 15.1. The number of carbonyl (C=O) groups excluding carboxylic acids is 4. The van der Waals surface area contributed by atoms with Crippen molar-refractivity contribution in [1.82, 2.24) is 20.9 Å². The molecule has 3 atom stereocenters. The van der Waals surface area contributed by atoms with Gasteiger partial charge in [0.2, 0.25) is 17.7 Å². The third kappa shape index (κ3) is 7.52. The van der Waals surface area contributed by atoms with E-state index in [-0.39, 0.29) is 29.6 Å². The zero-order valence-corrected chi connectivity index (χ0v) is 25.6. The van der Waals surface area contributed by atoms with Crippen molar-refractivity contribution in [3.8, 4) is 17.2 Å². The Morgan fingerprint density at radius 1 is 0.911 bits per heavy atom. The van der Waals surface area contributed by atoms with Gasteiger partial charge in [0, 0.05) is 19.5 Å². The zero-order chi connectivity index (χ0) is 32.1. The van der Waals surface area contributed by atoms with Gasteiger partial charge in [-0.1, -0.05) is 62.4 Å². The van der Waals surface area contributed by atoms with Crippen LogP contribution < -0.4 is 20.7 Å². The first-order valence-electron chi connectivity index (χ1n) is 15.1. The number of hydrogen-bond donors (Lipinski definition) is 4. The smallest absolute Gasteiger partial charge is 0.255 e. The number of ether oxygens (including phenoxy) is 1. The summed E-state index contributed by atoms with van der Waals surface area (Å²) in [4.78, 5) is 55.4. The second-order valence-electron chi connectivity index (χ2n) is 11.7. The maximum absolute atomic E-state index is 13.9. The van der Waals surface area contributed by atoms with E-state index < -0.39 is 35.8 Å². The minimum absolute atomic E-state index is 0.0562. The maximum Gasteiger partial charge on any atom is 0.255 e. The van der Waals surface area contributed by atoms with E-state index in [2.05, 4.69) is 16.0 Å². The van der Waals surface area contributed by atoms with E-state index in [9.17, 15) is 24.3 Å². The normalized spacial score (nSPS) is 21.1. The second kappa shape index (κ2) is 13.7. The predicted octanol–water partition coefficient (Wildman–Crippen LogP) is 3.80. The van der Waals surface area contributed by atoms with Crippen LogP contribution in [0.1, 0.15) is 48.7 Å². The molecule has 4 N–H and O–H groups in total. The highest BCUT2D eigenvalue weighted by Gasteiger charge is 2.32. The van der Waals surface area contributed by atoms with Gasteiger partial charge < -0.3 is 30.7 Å². The Morgan fingerprint density at radius 2 is 1.62 bits per heavy atom. The van der Waals surface area contributed by atoms with Gasteiger partial charge in [0.25, 0.3) is 5.91 Å². The van der Waals surface area contributed by atoms with Crippen molar-refractivity contribution in [2.45, 2.75) is 51.7 Å². The average molecular weight is 611 g/mol. The quantitative estimate of drug-likeness (QED) is 0.333. The Kier molecular flexibility index (Phi) is 9.51. The number of aromatic hydroxyl groups is 1. The lowest BCUT2D eigenvalue weighted by Gasteiger charge is -2.31. The Hall–Kier alpha value is -5.12. The topological polar surface area (TPSA) is 137 Å². The van der Waals surface area contributed by atoms with Gasteiger partial charge in [-0.15, -0.1) is 0 Å². The van der Waals surface area contributed by atoms with Crippen LogP contribution in [0.3, 0.4) is 0 Å². The monoisotopic (exact) mass is 610 g/mol. The molecule has 6 rings (SSSR count). The van der Waals surface area contributed by atoms with Crippen molar-refractivity contribution in [2.24, 2.45) is 5.92 Å². The predicted molar refractivity (Wildman–Crippen MR) is 170 cm³/mol. The van der Waals surface area contributed by atoms with Crippen LogP contribution in [0.15, 0.2) is 78.9 Å². The first kappa shape index (κ1) is 31.3. The number of rotatable bonds is 3. The van der Waals surface area contributed by atoms with Crippen LogP contribution in [0.2, 0.25) is 0 Å². The van der Waals surface area contributed by atoms with Crippen LogP contribution in [-0.4, -0.2) is 64.9 Å². The van der Waals surface area contributed by atoms with Crippen LogP contribution in [0, 0.1) is 5.92 Å². The molecule has 3 aliphatic rings. The summed E-state index contributed by atoms with van der Waals surface area (Å²) < 4.78 is 5.94. The van der Waals surface area contributed by atoms with E-state index in [1.807, 2.05) is 36.4 Å². The van der Waals surface area contributed by atoms with E-state index in [0.717, 1.165) is 11.1 Å². The first-order chi connectivity index (χ1) is 21.6. The summed E-state index contributed by atoms with van der Waals surface area (Å²) >= 11 is 0. The van der Waals surface area contributed by atoms with Crippen LogP contribution in [0.4, 0.5) is 0 Å². The Bertz CT molecular complexity index is 1600. The van der Waals surface area contributed by atoms with Gasteiger partial charge in [-0.2, -0.15) is 0 Å². The molecule has 0 radical (unpaired) electrons. The molecule has 4 amide bonds.